The Morgan fingerprint density at radius 2 is 2.08 bits per heavy atom. The van der Waals surface area contributed by atoms with E-state index in [4.69, 9.17) is 11.6 Å². The molecule has 0 aliphatic carbocycles. The summed E-state index contributed by atoms with van der Waals surface area (Å²) in [6.45, 7) is 1.92. The highest BCUT2D eigenvalue weighted by Gasteiger charge is 2.03. The van der Waals surface area contributed by atoms with Gasteiger partial charge < -0.3 is 4.98 Å². The molecule has 0 fully saturated rings. The van der Waals surface area contributed by atoms with E-state index in [1.807, 2.05) is 31.2 Å². The summed E-state index contributed by atoms with van der Waals surface area (Å²) in [5.41, 5.74) is 1.95. The lowest BCUT2D eigenvalue weighted by Crippen LogP contribution is -1.78. The fourth-order valence-electron chi connectivity index (χ4n) is 1.24. The Morgan fingerprint density at radius 3 is 2.69 bits per heavy atom. The van der Waals surface area contributed by atoms with Crippen LogP contribution in [-0.2, 0) is 0 Å². The van der Waals surface area contributed by atoms with Crippen molar-refractivity contribution in [3.8, 4) is 11.3 Å². The van der Waals surface area contributed by atoms with Crippen LogP contribution in [0.1, 0.15) is 5.82 Å². The fourth-order valence-corrected chi connectivity index (χ4v) is 1.47. The van der Waals surface area contributed by atoms with Crippen molar-refractivity contribution in [2.24, 2.45) is 0 Å². The van der Waals surface area contributed by atoms with Crippen LogP contribution >= 0.6 is 11.6 Å². The van der Waals surface area contributed by atoms with Crippen molar-refractivity contribution in [2.45, 2.75) is 6.92 Å². The molecule has 1 aromatic heterocycles. The van der Waals surface area contributed by atoms with Gasteiger partial charge >= 0.3 is 0 Å². The molecule has 1 heterocycles. The van der Waals surface area contributed by atoms with Gasteiger partial charge in [-0.1, -0.05) is 29.8 Å². The van der Waals surface area contributed by atoms with Crippen LogP contribution in [0, 0.1) is 6.92 Å². The topological polar surface area (TPSA) is 28.7 Å². The van der Waals surface area contributed by atoms with Gasteiger partial charge in [-0.3, -0.25) is 0 Å². The van der Waals surface area contributed by atoms with Gasteiger partial charge in [-0.2, -0.15) is 0 Å². The van der Waals surface area contributed by atoms with Gasteiger partial charge in [0.05, 0.1) is 11.9 Å². The number of benzene rings is 1. The summed E-state index contributed by atoms with van der Waals surface area (Å²) in [5.74, 6) is 0.898. The molecule has 0 aliphatic rings. The van der Waals surface area contributed by atoms with Crippen LogP contribution < -0.4 is 0 Å². The first-order chi connectivity index (χ1) is 6.27. The Morgan fingerprint density at radius 1 is 1.31 bits per heavy atom. The number of hydrogen-bond donors (Lipinski definition) is 1. The fraction of sp³-hybridized carbons (Fsp3) is 0.100. The summed E-state index contributed by atoms with van der Waals surface area (Å²) >= 11 is 6.02. The SMILES string of the molecule is Cc1ncc(-c2ccccc2Cl)[nH]1. The van der Waals surface area contributed by atoms with E-state index >= 15 is 0 Å². The molecule has 0 atom stereocenters. The van der Waals surface area contributed by atoms with E-state index in [2.05, 4.69) is 9.97 Å². The Labute approximate surface area is 81.6 Å². The molecule has 1 aromatic carbocycles. The molecule has 2 rings (SSSR count). The number of nitrogens with zero attached hydrogens (tertiary/aromatic N) is 1. The van der Waals surface area contributed by atoms with Gasteiger partial charge in [0.1, 0.15) is 5.82 Å². The maximum Gasteiger partial charge on any atom is 0.103 e. The molecule has 0 aliphatic heterocycles. The number of aromatic nitrogens is 2. The Bertz CT molecular complexity index is 420. The summed E-state index contributed by atoms with van der Waals surface area (Å²) in [7, 11) is 0. The lowest BCUT2D eigenvalue weighted by Gasteiger charge is -1.98. The van der Waals surface area contributed by atoms with E-state index < -0.39 is 0 Å². The first-order valence-corrected chi connectivity index (χ1v) is 4.41. The van der Waals surface area contributed by atoms with Crippen molar-refractivity contribution in [1.82, 2.24) is 9.97 Å². The lowest BCUT2D eigenvalue weighted by molar-refractivity contribution is 1.15. The average Bonchev–Trinajstić information content (AvgIpc) is 2.53. The maximum atomic E-state index is 6.02. The highest BCUT2D eigenvalue weighted by atomic mass is 35.5. The average molecular weight is 193 g/mol. The van der Waals surface area contributed by atoms with Crippen LogP contribution in [0.3, 0.4) is 0 Å². The van der Waals surface area contributed by atoms with E-state index in [0.717, 1.165) is 22.1 Å². The van der Waals surface area contributed by atoms with Crippen molar-refractivity contribution >= 4 is 11.6 Å². The molecule has 0 amide bonds. The van der Waals surface area contributed by atoms with Gasteiger partial charge in [-0.15, -0.1) is 0 Å². The van der Waals surface area contributed by atoms with E-state index in [1.165, 1.54) is 0 Å². The van der Waals surface area contributed by atoms with Crippen molar-refractivity contribution in [2.75, 3.05) is 0 Å². The van der Waals surface area contributed by atoms with Crippen LogP contribution in [0.5, 0.6) is 0 Å². The Kier molecular flexibility index (Phi) is 2.07. The number of H-pyrrole nitrogens is 1. The Balaban J connectivity index is 2.52. The number of aryl methyl sites for hydroxylation is 1. The van der Waals surface area contributed by atoms with E-state index in [9.17, 15) is 0 Å². The summed E-state index contributed by atoms with van der Waals surface area (Å²) in [6.07, 6.45) is 1.79. The van der Waals surface area contributed by atoms with Crippen LogP contribution in [0.15, 0.2) is 30.5 Å². The zero-order chi connectivity index (χ0) is 9.26. The third-order valence-corrected chi connectivity index (χ3v) is 2.20. The van der Waals surface area contributed by atoms with Gasteiger partial charge in [0.15, 0.2) is 0 Å². The second-order valence-electron chi connectivity index (χ2n) is 2.86. The maximum absolute atomic E-state index is 6.02. The molecule has 1 N–H and O–H groups in total. The molecule has 0 radical (unpaired) electrons. The smallest absolute Gasteiger partial charge is 0.103 e. The molecule has 2 aromatic rings. The first kappa shape index (κ1) is 8.32. The molecule has 2 nitrogen and oxygen atoms in total. The van der Waals surface area contributed by atoms with Gasteiger partial charge in [-0.05, 0) is 13.0 Å². The molecular weight excluding hydrogens is 184 g/mol. The number of imidazole rings is 1. The first-order valence-electron chi connectivity index (χ1n) is 4.04. The zero-order valence-corrected chi connectivity index (χ0v) is 7.97. The van der Waals surface area contributed by atoms with Crippen molar-refractivity contribution in [3.05, 3.63) is 41.3 Å². The Hall–Kier alpha value is -1.28. The number of rotatable bonds is 1. The van der Waals surface area contributed by atoms with Crippen LogP contribution in [-0.4, -0.2) is 9.97 Å². The molecular formula is C10H9ClN2. The summed E-state index contributed by atoms with van der Waals surface area (Å²) in [4.78, 5) is 7.26. The quantitative estimate of drug-likeness (QED) is 0.739. The molecule has 0 bridgehead atoms. The van der Waals surface area contributed by atoms with E-state index in [1.54, 1.807) is 6.20 Å². The minimum Gasteiger partial charge on any atom is -0.342 e. The van der Waals surface area contributed by atoms with E-state index in [-0.39, 0.29) is 0 Å². The molecule has 66 valence electrons. The number of nitrogens with one attached hydrogen (secondary N) is 1. The number of halogens is 1. The van der Waals surface area contributed by atoms with Crippen molar-refractivity contribution in [3.63, 3.8) is 0 Å². The van der Waals surface area contributed by atoms with Crippen LogP contribution in [0.25, 0.3) is 11.3 Å². The van der Waals surface area contributed by atoms with Crippen molar-refractivity contribution in [1.29, 1.82) is 0 Å². The molecule has 0 saturated heterocycles. The molecule has 3 heteroatoms. The minimum absolute atomic E-state index is 0.742. The highest BCUT2D eigenvalue weighted by molar-refractivity contribution is 6.33. The highest BCUT2D eigenvalue weighted by Crippen LogP contribution is 2.25. The lowest BCUT2D eigenvalue weighted by atomic mass is 10.2. The monoisotopic (exact) mass is 192 g/mol. The summed E-state index contributed by atoms with van der Waals surface area (Å²) in [6, 6.07) is 7.70. The predicted octanol–water partition coefficient (Wildman–Crippen LogP) is 3.04. The third kappa shape index (κ3) is 1.58. The molecule has 0 unspecified atom stereocenters. The largest absolute Gasteiger partial charge is 0.342 e. The second-order valence-corrected chi connectivity index (χ2v) is 3.27. The number of hydrogen-bond acceptors (Lipinski definition) is 1. The third-order valence-electron chi connectivity index (χ3n) is 1.87. The van der Waals surface area contributed by atoms with Gasteiger partial charge in [0.25, 0.3) is 0 Å². The van der Waals surface area contributed by atoms with Crippen LogP contribution in [0.2, 0.25) is 5.02 Å². The summed E-state index contributed by atoms with van der Waals surface area (Å²) in [5, 5.41) is 0.742. The molecule has 13 heavy (non-hydrogen) atoms. The predicted molar refractivity (Wildman–Crippen MR) is 53.8 cm³/mol. The van der Waals surface area contributed by atoms with Crippen LogP contribution in [0.4, 0.5) is 0 Å². The molecule has 0 saturated carbocycles. The number of aromatic amines is 1. The minimum atomic E-state index is 0.742. The van der Waals surface area contributed by atoms with Gasteiger partial charge in [0.2, 0.25) is 0 Å². The zero-order valence-electron chi connectivity index (χ0n) is 7.21. The normalized spacial score (nSPS) is 10.3. The second kappa shape index (κ2) is 3.23. The van der Waals surface area contributed by atoms with E-state index in [0.29, 0.717) is 0 Å². The summed E-state index contributed by atoms with van der Waals surface area (Å²) < 4.78 is 0. The van der Waals surface area contributed by atoms with Gasteiger partial charge in [0, 0.05) is 10.6 Å². The standard InChI is InChI=1S/C10H9ClN2/c1-7-12-6-10(13-7)8-4-2-3-5-9(8)11/h2-6H,1H3,(H,12,13). The molecule has 0 spiro atoms. The van der Waals surface area contributed by atoms with Gasteiger partial charge in [-0.25, -0.2) is 4.98 Å². The van der Waals surface area contributed by atoms with Crippen molar-refractivity contribution < 1.29 is 0 Å².